The van der Waals surface area contributed by atoms with Crippen LogP contribution in [0.3, 0.4) is 0 Å². The van der Waals surface area contributed by atoms with Gasteiger partial charge in [0.05, 0.1) is 0 Å². The zero-order valence-corrected chi connectivity index (χ0v) is 13.4. The second-order valence-electron chi connectivity index (χ2n) is 4.35. The molecule has 0 unspecified atom stereocenters. The van der Waals surface area contributed by atoms with Gasteiger partial charge in [-0.25, -0.2) is 19.9 Å². The maximum atomic E-state index is 4.44. The molecular formula is C12H16N6S2. The lowest BCUT2D eigenvalue weighted by molar-refractivity contribution is 0.927. The van der Waals surface area contributed by atoms with Crippen molar-refractivity contribution in [2.24, 2.45) is 0 Å². The number of nitrogens with zero attached hydrogens (tertiary/aromatic N) is 6. The first kappa shape index (κ1) is 14.9. The van der Waals surface area contributed by atoms with Crippen molar-refractivity contribution < 1.29 is 0 Å². The van der Waals surface area contributed by atoms with Crippen LogP contribution in [0.15, 0.2) is 34.8 Å². The molecule has 0 saturated carbocycles. The monoisotopic (exact) mass is 308 g/mol. The number of rotatable bonds is 5. The molecule has 2 rings (SSSR count). The molecule has 0 fully saturated rings. The summed E-state index contributed by atoms with van der Waals surface area (Å²) >= 11 is 0. The first-order chi connectivity index (χ1) is 9.56. The maximum absolute atomic E-state index is 4.44. The van der Waals surface area contributed by atoms with Crippen molar-refractivity contribution >= 4 is 33.2 Å². The van der Waals surface area contributed by atoms with Crippen molar-refractivity contribution in [3.8, 4) is 0 Å². The zero-order valence-electron chi connectivity index (χ0n) is 11.8. The third-order valence-electron chi connectivity index (χ3n) is 2.34. The fraction of sp³-hybridized carbons (Fsp3) is 0.333. The molecule has 0 aliphatic rings. The minimum Gasteiger partial charge on any atom is -0.363 e. The molecule has 2 aromatic heterocycles. The van der Waals surface area contributed by atoms with E-state index in [-0.39, 0.29) is 0 Å². The van der Waals surface area contributed by atoms with E-state index in [0.29, 0.717) is 10.3 Å². The molecule has 0 atom stereocenters. The Labute approximate surface area is 126 Å². The van der Waals surface area contributed by atoms with Gasteiger partial charge in [-0.2, -0.15) is 0 Å². The highest BCUT2D eigenvalue weighted by Crippen LogP contribution is 2.33. The van der Waals surface area contributed by atoms with Gasteiger partial charge in [-0.05, 0) is 33.7 Å². The molecule has 0 aliphatic heterocycles. The summed E-state index contributed by atoms with van der Waals surface area (Å²) in [4.78, 5) is 21.2. The maximum Gasteiger partial charge on any atom is 0.200 e. The molecule has 0 amide bonds. The molecule has 0 aromatic carbocycles. The fourth-order valence-corrected chi connectivity index (χ4v) is 2.86. The molecule has 0 saturated heterocycles. The van der Waals surface area contributed by atoms with Gasteiger partial charge >= 0.3 is 0 Å². The minimum absolute atomic E-state index is 0.694. The van der Waals surface area contributed by atoms with Gasteiger partial charge in [-0.15, -0.1) is 0 Å². The Morgan fingerprint density at radius 3 is 1.50 bits per heavy atom. The lowest BCUT2D eigenvalue weighted by Crippen LogP contribution is -2.11. The van der Waals surface area contributed by atoms with Gasteiger partial charge in [0.1, 0.15) is 11.6 Å². The normalized spacial score (nSPS) is 10.4. The molecule has 20 heavy (non-hydrogen) atoms. The van der Waals surface area contributed by atoms with Crippen molar-refractivity contribution in [1.29, 1.82) is 0 Å². The zero-order chi connectivity index (χ0) is 14.5. The van der Waals surface area contributed by atoms with Gasteiger partial charge in [0.25, 0.3) is 0 Å². The number of anilines is 2. The van der Waals surface area contributed by atoms with E-state index in [1.807, 2.05) is 50.1 Å². The Morgan fingerprint density at radius 1 is 0.750 bits per heavy atom. The van der Waals surface area contributed by atoms with Crippen LogP contribution >= 0.6 is 21.6 Å². The lowest BCUT2D eigenvalue weighted by atomic mass is 10.5. The smallest absolute Gasteiger partial charge is 0.200 e. The van der Waals surface area contributed by atoms with E-state index in [4.69, 9.17) is 0 Å². The molecule has 0 radical (unpaired) electrons. The second-order valence-corrected chi connectivity index (χ2v) is 6.41. The van der Waals surface area contributed by atoms with Crippen LogP contribution in [0.5, 0.6) is 0 Å². The van der Waals surface area contributed by atoms with Gasteiger partial charge in [0, 0.05) is 40.6 Å². The van der Waals surface area contributed by atoms with Gasteiger partial charge in [-0.1, -0.05) is 0 Å². The van der Waals surface area contributed by atoms with E-state index in [9.17, 15) is 0 Å². The Bertz CT molecular complexity index is 524. The second kappa shape index (κ2) is 6.76. The van der Waals surface area contributed by atoms with Gasteiger partial charge in [-0.3, -0.25) is 0 Å². The minimum atomic E-state index is 0.694. The molecule has 106 valence electrons. The predicted molar refractivity (Wildman–Crippen MR) is 84.4 cm³/mol. The topological polar surface area (TPSA) is 58.0 Å². The van der Waals surface area contributed by atoms with Gasteiger partial charge < -0.3 is 9.80 Å². The summed E-state index contributed by atoms with van der Waals surface area (Å²) < 4.78 is 0. The van der Waals surface area contributed by atoms with Gasteiger partial charge in [0.15, 0.2) is 0 Å². The van der Waals surface area contributed by atoms with E-state index in [2.05, 4.69) is 19.9 Å². The van der Waals surface area contributed by atoms with Crippen LogP contribution in [0.1, 0.15) is 0 Å². The Kier molecular flexibility index (Phi) is 5.02. The summed E-state index contributed by atoms with van der Waals surface area (Å²) in [5.41, 5.74) is 0. The van der Waals surface area contributed by atoms with Crippen molar-refractivity contribution in [2.75, 3.05) is 38.0 Å². The Morgan fingerprint density at radius 2 is 1.15 bits per heavy atom. The summed E-state index contributed by atoms with van der Waals surface area (Å²) in [6.45, 7) is 0. The summed E-state index contributed by atoms with van der Waals surface area (Å²) in [6.07, 6.45) is 3.50. The molecule has 0 aliphatic carbocycles. The van der Waals surface area contributed by atoms with Crippen LogP contribution < -0.4 is 9.80 Å². The Hall–Kier alpha value is -1.54. The number of hydrogen-bond acceptors (Lipinski definition) is 8. The third kappa shape index (κ3) is 3.97. The quantitative estimate of drug-likeness (QED) is 0.615. The largest absolute Gasteiger partial charge is 0.363 e. The molecule has 0 bridgehead atoms. The first-order valence-corrected chi connectivity index (χ1v) is 8.06. The SMILES string of the molecule is CN(C)c1ccnc(SSc2nccc(N(C)C)n2)n1. The summed E-state index contributed by atoms with van der Waals surface area (Å²) in [6, 6.07) is 3.75. The van der Waals surface area contributed by atoms with Crippen LogP contribution in [0.25, 0.3) is 0 Å². The number of aromatic nitrogens is 4. The van der Waals surface area contributed by atoms with Crippen LogP contribution in [-0.4, -0.2) is 48.1 Å². The van der Waals surface area contributed by atoms with Crippen molar-refractivity contribution in [3.05, 3.63) is 24.5 Å². The van der Waals surface area contributed by atoms with Crippen LogP contribution in [-0.2, 0) is 0 Å². The molecule has 0 N–H and O–H groups in total. The van der Waals surface area contributed by atoms with E-state index in [0.717, 1.165) is 11.6 Å². The first-order valence-electron chi connectivity index (χ1n) is 5.91. The van der Waals surface area contributed by atoms with Crippen LogP contribution in [0.2, 0.25) is 0 Å². The van der Waals surface area contributed by atoms with E-state index >= 15 is 0 Å². The fourth-order valence-electron chi connectivity index (χ4n) is 1.32. The summed E-state index contributed by atoms with van der Waals surface area (Å²) in [5, 5.41) is 1.39. The van der Waals surface area contributed by atoms with Crippen molar-refractivity contribution in [2.45, 2.75) is 10.3 Å². The van der Waals surface area contributed by atoms with E-state index in [1.54, 1.807) is 12.4 Å². The number of hydrogen-bond donors (Lipinski definition) is 0. The van der Waals surface area contributed by atoms with E-state index in [1.165, 1.54) is 21.6 Å². The highest BCUT2D eigenvalue weighted by Gasteiger charge is 2.06. The third-order valence-corrected chi connectivity index (χ3v) is 4.26. The molecule has 0 spiro atoms. The van der Waals surface area contributed by atoms with E-state index < -0.39 is 0 Å². The summed E-state index contributed by atoms with van der Waals surface area (Å²) in [5.74, 6) is 1.76. The molecule has 6 nitrogen and oxygen atoms in total. The van der Waals surface area contributed by atoms with Crippen LogP contribution in [0, 0.1) is 0 Å². The average Bonchev–Trinajstić information content (AvgIpc) is 2.45. The predicted octanol–water partition coefficient (Wildman–Crippen LogP) is 2.20. The molecular weight excluding hydrogens is 292 g/mol. The highest BCUT2D eigenvalue weighted by atomic mass is 33.1. The standard InChI is InChI=1S/C12H16N6S2/c1-17(2)9-5-7-13-11(15-9)19-20-12-14-8-6-10(16-12)18(3)4/h5-8H,1-4H3. The van der Waals surface area contributed by atoms with Crippen molar-refractivity contribution in [3.63, 3.8) is 0 Å². The van der Waals surface area contributed by atoms with Crippen molar-refractivity contribution in [1.82, 2.24) is 19.9 Å². The highest BCUT2D eigenvalue weighted by molar-refractivity contribution is 8.76. The molecule has 8 heteroatoms. The summed E-state index contributed by atoms with van der Waals surface area (Å²) in [7, 11) is 10.7. The van der Waals surface area contributed by atoms with Gasteiger partial charge in [0.2, 0.25) is 10.3 Å². The van der Waals surface area contributed by atoms with Crippen LogP contribution in [0.4, 0.5) is 11.6 Å². The molecule has 2 aromatic rings. The molecule has 2 heterocycles. The average molecular weight is 308 g/mol. The Balaban J connectivity index is 2.05. The lowest BCUT2D eigenvalue weighted by Gasteiger charge is -2.12.